The van der Waals surface area contributed by atoms with Crippen molar-refractivity contribution in [1.82, 2.24) is 15.0 Å². The summed E-state index contributed by atoms with van der Waals surface area (Å²) in [4.78, 5) is 39.0. The van der Waals surface area contributed by atoms with Crippen LogP contribution in [0.5, 0.6) is 0 Å². The second kappa shape index (κ2) is 8.51. The number of nitrogens with two attached hydrogens (primary N) is 1. The second-order valence-corrected chi connectivity index (χ2v) is 10.2. The van der Waals surface area contributed by atoms with Gasteiger partial charge in [0.15, 0.2) is 0 Å². The number of fused-ring (bicyclic) bond motifs is 1. The van der Waals surface area contributed by atoms with Crippen molar-refractivity contribution in [3.63, 3.8) is 0 Å². The van der Waals surface area contributed by atoms with E-state index in [2.05, 4.69) is 15.0 Å². The Hall–Kier alpha value is -2.98. The van der Waals surface area contributed by atoms with E-state index < -0.39 is 23.4 Å². The Morgan fingerprint density at radius 1 is 0.969 bits per heavy atom. The molecule has 2 heterocycles. The van der Waals surface area contributed by atoms with Crippen LogP contribution < -0.4 is 10.6 Å². The molecular weight excluding hydrogens is 454 g/mol. The number of nitrogens with zero attached hydrogens (tertiary/aromatic N) is 4. The number of carbonyl (C=O) groups excluding carboxylic acids is 2. The maximum Gasteiger partial charge on any atom is 0.427 e. The second-order valence-electron chi connectivity index (χ2n) is 8.86. The highest BCUT2D eigenvalue weighted by molar-refractivity contribution is 7.21. The number of nitrogen functional groups attached to an aromatic ring is 1. The predicted molar refractivity (Wildman–Crippen MR) is 125 cm³/mol. The number of ether oxygens (including phenoxy) is 2. The third-order valence-corrected chi connectivity index (χ3v) is 5.07. The molecule has 11 heteroatoms. The van der Waals surface area contributed by atoms with Crippen LogP contribution in [0.2, 0.25) is 5.15 Å². The number of benzene rings is 1. The van der Waals surface area contributed by atoms with Crippen molar-refractivity contribution >= 4 is 57.1 Å². The summed E-state index contributed by atoms with van der Waals surface area (Å²) >= 11 is 7.79. The van der Waals surface area contributed by atoms with Gasteiger partial charge in [0.25, 0.3) is 0 Å². The molecular formula is C21H24ClN5O4S. The standard InChI is InChI=1S/C21H24ClN5O4S/c1-20(2,3)30-18(28)27(19(29)31-21(4,5)6)17-25-14(22)13(15(23)26-17)16-24-11-9-7-8-10-12(11)32-16/h7-10H,1-6H3,(H2,23,25,26). The van der Waals surface area contributed by atoms with Crippen molar-refractivity contribution in [3.8, 4) is 10.6 Å². The van der Waals surface area contributed by atoms with Crippen molar-refractivity contribution in [2.24, 2.45) is 0 Å². The Morgan fingerprint density at radius 3 is 2.03 bits per heavy atom. The van der Waals surface area contributed by atoms with Crippen molar-refractivity contribution in [2.75, 3.05) is 10.6 Å². The summed E-state index contributed by atoms with van der Waals surface area (Å²) in [5.74, 6) is -0.406. The molecule has 0 fully saturated rings. The number of rotatable bonds is 2. The van der Waals surface area contributed by atoms with Crippen LogP contribution >= 0.6 is 22.9 Å². The normalized spacial score (nSPS) is 12.0. The van der Waals surface area contributed by atoms with E-state index in [0.717, 1.165) is 10.2 Å². The summed E-state index contributed by atoms with van der Waals surface area (Å²) in [5.41, 5.74) is 5.49. The average Bonchev–Trinajstić information content (AvgIpc) is 3.01. The van der Waals surface area contributed by atoms with E-state index in [-0.39, 0.29) is 16.9 Å². The Balaban J connectivity index is 2.06. The molecule has 170 valence electrons. The number of anilines is 2. The van der Waals surface area contributed by atoms with Gasteiger partial charge in [-0.2, -0.15) is 9.97 Å². The van der Waals surface area contributed by atoms with Crippen LogP contribution in [0.15, 0.2) is 24.3 Å². The van der Waals surface area contributed by atoms with Crippen LogP contribution in [0.1, 0.15) is 41.5 Å². The third-order valence-electron chi connectivity index (χ3n) is 3.74. The van der Waals surface area contributed by atoms with Gasteiger partial charge in [-0.1, -0.05) is 23.7 Å². The maximum atomic E-state index is 12.8. The molecule has 0 radical (unpaired) electrons. The summed E-state index contributed by atoms with van der Waals surface area (Å²) in [6.07, 6.45) is -2.04. The molecule has 3 rings (SSSR count). The van der Waals surface area contributed by atoms with Gasteiger partial charge in [0, 0.05) is 0 Å². The minimum absolute atomic E-state index is 0.0452. The van der Waals surface area contributed by atoms with Gasteiger partial charge >= 0.3 is 12.2 Å². The Bertz CT molecular complexity index is 1100. The lowest BCUT2D eigenvalue weighted by molar-refractivity contribution is 0.0427. The zero-order valence-electron chi connectivity index (χ0n) is 18.6. The number of halogens is 1. The first kappa shape index (κ1) is 23.7. The highest BCUT2D eigenvalue weighted by atomic mass is 35.5. The van der Waals surface area contributed by atoms with E-state index >= 15 is 0 Å². The van der Waals surface area contributed by atoms with Crippen molar-refractivity contribution < 1.29 is 19.1 Å². The number of aromatic nitrogens is 3. The lowest BCUT2D eigenvalue weighted by atomic mass is 10.2. The summed E-state index contributed by atoms with van der Waals surface area (Å²) in [6.45, 7) is 9.98. The van der Waals surface area contributed by atoms with E-state index in [4.69, 9.17) is 26.8 Å². The smallest absolute Gasteiger partial charge is 0.427 e. The zero-order chi connectivity index (χ0) is 23.8. The van der Waals surface area contributed by atoms with Gasteiger partial charge in [-0.05, 0) is 53.7 Å². The molecule has 3 aromatic rings. The fourth-order valence-corrected chi connectivity index (χ4v) is 3.91. The fraction of sp³-hybridized carbons (Fsp3) is 0.381. The average molecular weight is 478 g/mol. The summed E-state index contributed by atoms with van der Waals surface area (Å²) in [6, 6.07) is 7.55. The van der Waals surface area contributed by atoms with Crippen LogP contribution in [0.3, 0.4) is 0 Å². The SMILES string of the molecule is CC(C)(C)OC(=O)N(C(=O)OC(C)(C)C)c1nc(N)c(-c2nc3ccccc3s2)c(Cl)n1. The first-order valence-corrected chi connectivity index (χ1v) is 10.9. The number of carbonyl (C=O) groups is 2. The molecule has 2 N–H and O–H groups in total. The monoisotopic (exact) mass is 477 g/mol. The summed E-state index contributed by atoms with van der Waals surface area (Å²) < 4.78 is 11.6. The summed E-state index contributed by atoms with van der Waals surface area (Å²) in [5, 5.41) is 0.449. The lowest BCUT2D eigenvalue weighted by Crippen LogP contribution is -2.44. The number of thiazole rings is 1. The molecule has 0 aliphatic heterocycles. The number of hydrogen-bond acceptors (Lipinski definition) is 9. The Kier molecular flexibility index (Phi) is 6.30. The van der Waals surface area contributed by atoms with Gasteiger partial charge in [-0.15, -0.1) is 16.2 Å². The number of hydrogen-bond donors (Lipinski definition) is 1. The van der Waals surface area contributed by atoms with Gasteiger partial charge < -0.3 is 15.2 Å². The fourth-order valence-electron chi connectivity index (χ4n) is 2.57. The van der Waals surface area contributed by atoms with Crippen LogP contribution in [0, 0.1) is 0 Å². The number of imide groups is 1. The quantitative estimate of drug-likeness (QED) is 0.469. The van der Waals surface area contributed by atoms with Crippen LogP contribution in [-0.2, 0) is 9.47 Å². The Morgan fingerprint density at radius 2 is 1.53 bits per heavy atom. The molecule has 1 aromatic carbocycles. The molecule has 0 bridgehead atoms. The molecule has 0 aliphatic rings. The van der Waals surface area contributed by atoms with Crippen LogP contribution in [0.25, 0.3) is 20.8 Å². The minimum atomic E-state index is -1.02. The van der Waals surface area contributed by atoms with E-state index in [1.807, 2.05) is 24.3 Å². The topological polar surface area (TPSA) is 121 Å². The summed E-state index contributed by atoms with van der Waals surface area (Å²) in [7, 11) is 0. The van der Waals surface area contributed by atoms with E-state index in [0.29, 0.717) is 15.5 Å². The molecule has 32 heavy (non-hydrogen) atoms. The predicted octanol–water partition coefficient (Wildman–Crippen LogP) is 5.67. The number of amides is 2. The van der Waals surface area contributed by atoms with Gasteiger partial charge in [-0.25, -0.2) is 14.6 Å². The van der Waals surface area contributed by atoms with Crippen molar-refractivity contribution in [2.45, 2.75) is 52.7 Å². The molecule has 0 unspecified atom stereocenters. The van der Waals surface area contributed by atoms with Gasteiger partial charge in [-0.3, -0.25) is 0 Å². The van der Waals surface area contributed by atoms with Crippen LogP contribution in [-0.4, -0.2) is 38.3 Å². The molecule has 9 nitrogen and oxygen atoms in total. The Labute approximate surface area is 194 Å². The largest absolute Gasteiger partial charge is 0.443 e. The lowest BCUT2D eigenvalue weighted by Gasteiger charge is -2.27. The first-order chi connectivity index (χ1) is 14.7. The molecule has 2 amide bonds. The van der Waals surface area contributed by atoms with E-state index in [9.17, 15) is 9.59 Å². The molecule has 2 aromatic heterocycles. The van der Waals surface area contributed by atoms with Crippen molar-refractivity contribution in [1.29, 1.82) is 0 Å². The number of para-hydroxylation sites is 1. The van der Waals surface area contributed by atoms with E-state index in [1.165, 1.54) is 11.3 Å². The minimum Gasteiger partial charge on any atom is -0.443 e. The van der Waals surface area contributed by atoms with Crippen LogP contribution in [0.4, 0.5) is 21.4 Å². The first-order valence-electron chi connectivity index (χ1n) is 9.70. The molecule has 0 saturated heterocycles. The molecule has 0 saturated carbocycles. The zero-order valence-corrected chi connectivity index (χ0v) is 20.2. The van der Waals surface area contributed by atoms with E-state index in [1.54, 1.807) is 41.5 Å². The van der Waals surface area contributed by atoms with Gasteiger partial charge in [0.2, 0.25) is 5.95 Å². The van der Waals surface area contributed by atoms with Gasteiger partial charge in [0.05, 0.1) is 15.8 Å². The molecule has 0 atom stereocenters. The van der Waals surface area contributed by atoms with Gasteiger partial charge in [0.1, 0.15) is 27.2 Å². The maximum absolute atomic E-state index is 12.8. The molecule has 0 spiro atoms. The highest BCUT2D eigenvalue weighted by Crippen LogP contribution is 2.37. The molecule has 0 aliphatic carbocycles. The van der Waals surface area contributed by atoms with Crippen molar-refractivity contribution in [3.05, 3.63) is 29.4 Å². The third kappa shape index (κ3) is 5.43. The highest BCUT2D eigenvalue weighted by Gasteiger charge is 2.35.